The largest absolute Gasteiger partial charge is 0.491 e. The number of hydrogen-bond donors (Lipinski definition) is 1. The lowest BCUT2D eigenvalue weighted by Gasteiger charge is -2.12. The minimum absolute atomic E-state index is 0.00843. The highest BCUT2D eigenvalue weighted by atomic mass is 19.1. The fourth-order valence-corrected chi connectivity index (χ4v) is 1.60. The summed E-state index contributed by atoms with van der Waals surface area (Å²) in [6, 6.07) is 2.61. The van der Waals surface area contributed by atoms with E-state index in [2.05, 4.69) is 0 Å². The lowest BCUT2D eigenvalue weighted by atomic mass is 10.1. The Hall–Kier alpha value is -1.78. The Morgan fingerprint density at radius 1 is 1.50 bits per heavy atom. The van der Waals surface area contributed by atoms with Gasteiger partial charge in [0.25, 0.3) is 0 Å². The van der Waals surface area contributed by atoms with Crippen LogP contribution in [0.2, 0.25) is 0 Å². The average molecular weight is 253 g/mol. The molecule has 1 aromatic rings. The van der Waals surface area contributed by atoms with Gasteiger partial charge in [-0.1, -0.05) is 0 Å². The molecule has 2 N–H and O–H groups in total. The summed E-state index contributed by atoms with van der Waals surface area (Å²) in [5.41, 5.74) is 5.52. The highest BCUT2D eigenvalue weighted by Gasteiger charge is 2.24. The Labute approximate surface area is 105 Å². The molecule has 1 saturated carbocycles. The van der Waals surface area contributed by atoms with E-state index >= 15 is 0 Å². The van der Waals surface area contributed by atoms with Crippen LogP contribution in [0.4, 0.5) is 10.1 Å². The number of rotatable bonds is 5. The van der Waals surface area contributed by atoms with Crippen molar-refractivity contribution in [3.05, 3.63) is 23.5 Å². The van der Waals surface area contributed by atoms with Crippen molar-refractivity contribution in [1.29, 1.82) is 0 Å². The van der Waals surface area contributed by atoms with Gasteiger partial charge in [0.1, 0.15) is 17.1 Å². The third-order valence-corrected chi connectivity index (χ3v) is 2.81. The minimum Gasteiger partial charge on any atom is -0.491 e. The van der Waals surface area contributed by atoms with Crippen molar-refractivity contribution in [2.24, 2.45) is 5.92 Å². The van der Waals surface area contributed by atoms with Gasteiger partial charge in [-0.15, -0.1) is 0 Å². The van der Waals surface area contributed by atoms with Gasteiger partial charge in [-0.25, -0.2) is 9.18 Å². The maximum atomic E-state index is 13.6. The lowest BCUT2D eigenvalue weighted by Crippen LogP contribution is -2.12. The average Bonchev–Trinajstić information content (AvgIpc) is 3.12. The first-order valence-corrected chi connectivity index (χ1v) is 6.01. The third kappa shape index (κ3) is 2.72. The first kappa shape index (κ1) is 12.7. The second-order valence-electron chi connectivity index (χ2n) is 4.31. The van der Waals surface area contributed by atoms with Gasteiger partial charge < -0.3 is 15.2 Å². The fourth-order valence-electron chi connectivity index (χ4n) is 1.60. The molecule has 0 amide bonds. The zero-order valence-electron chi connectivity index (χ0n) is 10.2. The zero-order chi connectivity index (χ0) is 13.1. The summed E-state index contributed by atoms with van der Waals surface area (Å²) in [5, 5.41) is 0. The van der Waals surface area contributed by atoms with Crippen LogP contribution in [0, 0.1) is 11.7 Å². The van der Waals surface area contributed by atoms with Gasteiger partial charge >= 0.3 is 5.97 Å². The quantitative estimate of drug-likeness (QED) is 0.646. The van der Waals surface area contributed by atoms with Gasteiger partial charge in [-0.05, 0) is 37.8 Å². The molecule has 0 spiro atoms. The van der Waals surface area contributed by atoms with E-state index in [1.54, 1.807) is 6.92 Å². The second kappa shape index (κ2) is 5.25. The van der Waals surface area contributed by atoms with Gasteiger partial charge in [-0.3, -0.25) is 0 Å². The van der Waals surface area contributed by atoms with Gasteiger partial charge in [0.15, 0.2) is 0 Å². The maximum absolute atomic E-state index is 13.6. The van der Waals surface area contributed by atoms with E-state index in [9.17, 15) is 9.18 Å². The molecule has 1 fully saturated rings. The summed E-state index contributed by atoms with van der Waals surface area (Å²) in [7, 11) is 0. The van der Waals surface area contributed by atoms with Gasteiger partial charge in [0.2, 0.25) is 0 Å². The number of nitrogen functional groups attached to an aromatic ring is 1. The maximum Gasteiger partial charge on any atom is 0.343 e. The van der Waals surface area contributed by atoms with Crippen LogP contribution >= 0.6 is 0 Å². The summed E-state index contributed by atoms with van der Waals surface area (Å²) in [5.74, 6) is -0.555. The molecule has 1 aliphatic carbocycles. The Morgan fingerprint density at radius 3 is 2.83 bits per heavy atom. The molecule has 0 bridgehead atoms. The molecule has 0 saturated heterocycles. The number of anilines is 1. The van der Waals surface area contributed by atoms with Crippen molar-refractivity contribution in [2.75, 3.05) is 18.9 Å². The van der Waals surface area contributed by atoms with Crippen molar-refractivity contribution < 1.29 is 18.7 Å². The van der Waals surface area contributed by atoms with Crippen LogP contribution in [0.25, 0.3) is 0 Å². The smallest absolute Gasteiger partial charge is 0.343 e. The number of carbonyl (C=O) groups excluding carboxylic acids is 1. The van der Waals surface area contributed by atoms with Crippen LogP contribution in [0.1, 0.15) is 30.1 Å². The molecule has 2 rings (SSSR count). The standard InChI is InChI=1S/C13H16FNO3/c1-2-17-13(16)11-9(14)5-6-10(12(11)15)18-7-8-3-4-8/h5-6,8H,2-4,7,15H2,1H3. The molecule has 0 radical (unpaired) electrons. The van der Waals surface area contributed by atoms with E-state index in [4.69, 9.17) is 15.2 Å². The Morgan fingerprint density at radius 2 is 2.22 bits per heavy atom. The van der Waals surface area contributed by atoms with E-state index in [0.29, 0.717) is 18.3 Å². The number of nitrogens with two attached hydrogens (primary N) is 1. The van der Waals surface area contributed by atoms with Crippen LogP contribution < -0.4 is 10.5 Å². The minimum atomic E-state index is -0.760. The first-order valence-electron chi connectivity index (χ1n) is 6.01. The normalized spacial score (nSPS) is 14.3. The summed E-state index contributed by atoms with van der Waals surface area (Å²) in [4.78, 5) is 11.6. The topological polar surface area (TPSA) is 61.5 Å². The van der Waals surface area contributed by atoms with E-state index in [0.717, 1.165) is 12.8 Å². The van der Waals surface area contributed by atoms with Crippen LogP contribution in [-0.2, 0) is 4.74 Å². The van der Waals surface area contributed by atoms with Crippen molar-refractivity contribution in [3.8, 4) is 5.75 Å². The van der Waals surface area contributed by atoms with Gasteiger partial charge in [0.05, 0.1) is 18.9 Å². The molecule has 98 valence electrons. The number of benzene rings is 1. The van der Waals surface area contributed by atoms with Crippen molar-refractivity contribution in [2.45, 2.75) is 19.8 Å². The van der Waals surface area contributed by atoms with Crippen molar-refractivity contribution in [1.82, 2.24) is 0 Å². The molecule has 0 aliphatic heterocycles. The first-order chi connectivity index (χ1) is 8.63. The van der Waals surface area contributed by atoms with Crippen LogP contribution in [-0.4, -0.2) is 19.2 Å². The van der Waals surface area contributed by atoms with Crippen molar-refractivity contribution >= 4 is 11.7 Å². The van der Waals surface area contributed by atoms with Crippen LogP contribution in [0.5, 0.6) is 5.75 Å². The SMILES string of the molecule is CCOC(=O)c1c(F)ccc(OCC2CC2)c1N. The summed E-state index contributed by atoms with van der Waals surface area (Å²) in [6.07, 6.45) is 2.29. The number of esters is 1. The molecule has 0 unspecified atom stereocenters. The van der Waals surface area contributed by atoms with E-state index < -0.39 is 11.8 Å². The summed E-state index contributed by atoms with van der Waals surface area (Å²) in [6.45, 7) is 2.38. The molecule has 5 heteroatoms. The third-order valence-electron chi connectivity index (χ3n) is 2.81. The van der Waals surface area contributed by atoms with E-state index in [1.165, 1.54) is 12.1 Å². The van der Waals surface area contributed by atoms with Crippen molar-refractivity contribution in [3.63, 3.8) is 0 Å². The Bertz CT molecular complexity index is 458. The predicted octanol–water partition coefficient (Wildman–Crippen LogP) is 2.37. The highest BCUT2D eigenvalue weighted by Crippen LogP contribution is 2.33. The van der Waals surface area contributed by atoms with E-state index in [-0.39, 0.29) is 17.9 Å². The number of hydrogen-bond acceptors (Lipinski definition) is 4. The molecular weight excluding hydrogens is 237 g/mol. The number of ether oxygens (including phenoxy) is 2. The predicted molar refractivity (Wildman–Crippen MR) is 65.0 cm³/mol. The summed E-state index contributed by atoms with van der Waals surface area (Å²) < 4.78 is 23.8. The molecule has 18 heavy (non-hydrogen) atoms. The fraction of sp³-hybridized carbons (Fsp3) is 0.462. The molecule has 0 aromatic heterocycles. The number of carbonyl (C=O) groups is 1. The van der Waals surface area contributed by atoms with Gasteiger partial charge in [-0.2, -0.15) is 0 Å². The van der Waals surface area contributed by atoms with Crippen LogP contribution in [0.15, 0.2) is 12.1 Å². The van der Waals surface area contributed by atoms with Gasteiger partial charge in [0, 0.05) is 0 Å². The summed E-state index contributed by atoms with van der Waals surface area (Å²) >= 11 is 0. The van der Waals surface area contributed by atoms with Crippen LogP contribution in [0.3, 0.4) is 0 Å². The molecule has 0 atom stereocenters. The lowest BCUT2D eigenvalue weighted by molar-refractivity contribution is 0.0522. The number of halogens is 1. The second-order valence-corrected chi connectivity index (χ2v) is 4.31. The molecule has 1 aromatic carbocycles. The molecule has 1 aliphatic rings. The Kier molecular flexibility index (Phi) is 3.69. The monoisotopic (exact) mass is 253 g/mol. The zero-order valence-corrected chi connectivity index (χ0v) is 10.2. The molecule has 0 heterocycles. The molecule has 4 nitrogen and oxygen atoms in total. The highest BCUT2D eigenvalue weighted by molar-refractivity contribution is 5.96. The van der Waals surface area contributed by atoms with E-state index in [1.807, 2.05) is 0 Å². The Balaban J connectivity index is 2.20. The molecular formula is C13H16FNO3.